The first-order valence-corrected chi connectivity index (χ1v) is 6.40. The van der Waals surface area contributed by atoms with Crippen LogP contribution < -0.4 is 15.8 Å². The monoisotopic (exact) mass is 274 g/mol. The van der Waals surface area contributed by atoms with Crippen LogP contribution in [0.5, 0.6) is 5.75 Å². The Hall–Kier alpha value is -2.50. The van der Waals surface area contributed by atoms with Gasteiger partial charge in [0.15, 0.2) is 0 Å². The molecule has 0 saturated heterocycles. The van der Waals surface area contributed by atoms with Crippen LogP contribution in [0, 0.1) is 6.92 Å². The molecule has 0 bridgehead atoms. The van der Waals surface area contributed by atoms with Gasteiger partial charge >= 0.3 is 0 Å². The molecule has 1 heterocycles. The number of aromatic nitrogens is 2. The van der Waals surface area contributed by atoms with Gasteiger partial charge < -0.3 is 15.8 Å². The van der Waals surface area contributed by atoms with E-state index in [2.05, 4.69) is 15.5 Å². The molecule has 4 N–H and O–H groups in total. The first-order valence-electron chi connectivity index (χ1n) is 6.40. The number of anilines is 1. The number of amides is 1. The minimum absolute atomic E-state index is 0.196. The van der Waals surface area contributed by atoms with Gasteiger partial charge in [0.2, 0.25) is 0 Å². The second-order valence-corrected chi connectivity index (χ2v) is 4.43. The molecule has 0 radical (unpaired) electrons. The number of nitrogens with one attached hydrogen (secondary N) is 2. The third kappa shape index (κ3) is 3.28. The summed E-state index contributed by atoms with van der Waals surface area (Å²) in [5.41, 5.74) is 8.64. The summed E-state index contributed by atoms with van der Waals surface area (Å²) in [5.74, 6) is 0.399. The van der Waals surface area contributed by atoms with E-state index in [0.717, 1.165) is 11.3 Å². The van der Waals surface area contributed by atoms with Crippen molar-refractivity contribution in [3.8, 4) is 5.75 Å². The predicted octanol–water partition coefficient (Wildman–Crippen LogP) is 1.63. The van der Waals surface area contributed by atoms with Crippen LogP contribution in [-0.4, -0.2) is 22.7 Å². The van der Waals surface area contributed by atoms with E-state index in [0.29, 0.717) is 30.2 Å². The average molecular weight is 274 g/mol. The van der Waals surface area contributed by atoms with Crippen LogP contribution in [-0.2, 0) is 6.54 Å². The number of hydrogen-bond donors (Lipinski definition) is 3. The molecule has 0 atom stereocenters. The zero-order chi connectivity index (χ0) is 14.5. The van der Waals surface area contributed by atoms with E-state index in [1.165, 1.54) is 0 Å². The molecule has 0 unspecified atom stereocenters. The lowest BCUT2D eigenvalue weighted by Crippen LogP contribution is -2.23. The standard InChI is InChI=1S/C14H18N4O2/c1-3-20-13-5-10(4-12(15)6-13)14(19)16-7-11-8-17-18-9(11)2/h4-6,8H,3,7,15H2,1-2H3,(H,16,19)(H,17,18). The highest BCUT2D eigenvalue weighted by atomic mass is 16.5. The summed E-state index contributed by atoms with van der Waals surface area (Å²) >= 11 is 0. The van der Waals surface area contributed by atoms with Crippen molar-refractivity contribution >= 4 is 11.6 Å². The Morgan fingerprint density at radius 1 is 1.45 bits per heavy atom. The molecule has 0 aliphatic carbocycles. The number of carbonyl (C=O) groups is 1. The predicted molar refractivity (Wildman–Crippen MR) is 76.5 cm³/mol. The number of nitrogens with two attached hydrogens (primary N) is 1. The maximum atomic E-state index is 12.1. The van der Waals surface area contributed by atoms with Gasteiger partial charge in [-0.05, 0) is 26.0 Å². The lowest BCUT2D eigenvalue weighted by atomic mass is 10.1. The number of nitrogen functional groups attached to an aromatic ring is 1. The van der Waals surface area contributed by atoms with Crippen LogP contribution in [0.2, 0.25) is 0 Å². The largest absolute Gasteiger partial charge is 0.494 e. The molecular weight excluding hydrogens is 256 g/mol. The van der Waals surface area contributed by atoms with Crippen molar-refractivity contribution in [2.24, 2.45) is 0 Å². The van der Waals surface area contributed by atoms with Crippen molar-refractivity contribution in [3.63, 3.8) is 0 Å². The lowest BCUT2D eigenvalue weighted by Gasteiger charge is -2.09. The Balaban J connectivity index is 2.07. The summed E-state index contributed by atoms with van der Waals surface area (Å²) in [6.07, 6.45) is 1.70. The maximum absolute atomic E-state index is 12.1. The third-order valence-electron chi connectivity index (χ3n) is 2.88. The summed E-state index contributed by atoms with van der Waals surface area (Å²) in [5, 5.41) is 9.56. The van der Waals surface area contributed by atoms with E-state index < -0.39 is 0 Å². The topological polar surface area (TPSA) is 93.0 Å². The molecule has 0 saturated carbocycles. The van der Waals surface area contributed by atoms with Gasteiger partial charge in [-0.25, -0.2) is 0 Å². The molecule has 2 rings (SSSR count). The van der Waals surface area contributed by atoms with Crippen LogP contribution in [0.3, 0.4) is 0 Å². The van der Waals surface area contributed by atoms with Crippen LogP contribution in [0.4, 0.5) is 5.69 Å². The molecule has 0 aliphatic heterocycles. The number of aryl methyl sites for hydroxylation is 1. The minimum atomic E-state index is -0.196. The summed E-state index contributed by atoms with van der Waals surface area (Å²) < 4.78 is 5.37. The molecule has 6 nitrogen and oxygen atoms in total. The van der Waals surface area contributed by atoms with Gasteiger partial charge in [-0.3, -0.25) is 9.89 Å². The molecule has 20 heavy (non-hydrogen) atoms. The Bertz CT molecular complexity index is 607. The molecule has 1 amide bonds. The highest BCUT2D eigenvalue weighted by Gasteiger charge is 2.09. The Kier molecular flexibility index (Phi) is 4.24. The van der Waals surface area contributed by atoms with Crippen LogP contribution in [0.15, 0.2) is 24.4 Å². The molecule has 0 aliphatic rings. The van der Waals surface area contributed by atoms with Crippen molar-refractivity contribution < 1.29 is 9.53 Å². The van der Waals surface area contributed by atoms with Gasteiger partial charge in [0.1, 0.15) is 5.75 Å². The van der Waals surface area contributed by atoms with E-state index in [-0.39, 0.29) is 5.91 Å². The highest BCUT2D eigenvalue weighted by Crippen LogP contribution is 2.19. The fourth-order valence-corrected chi connectivity index (χ4v) is 1.83. The Morgan fingerprint density at radius 3 is 2.90 bits per heavy atom. The summed E-state index contributed by atoms with van der Waals surface area (Å²) in [7, 11) is 0. The second-order valence-electron chi connectivity index (χ2n) is 4.43. The Morgan fingerprint density at radius 2 is 2.25 bits per heavy atom. The SMILES string of the molecule is CCOc1cc(N)cc(C(=O)NCc2cn[nH]c2C)c1. The van der Waals surface area contributed by atoms with Crippen molar-refractivity contribution in [2.75, 3.05) is 12.3 Å². The molecule has 106 valence electrons. The smallest absolute Gasteiger partial charge is 0.251 e. The average Bonchev–Trinajstić information content (AvgIpc) is 2.81. The maximum Gasteiger partial charge on any atom is 0.251 e. The van der Waals surface area contributed by atoms with Crippen molar-refractivity contribution in [1.82, 2.24) is 15.5 Å². The van der Waals surface area contributed by atoms with Crippen LogP contribution in [0.1, 0.15) is 28.5 Å². The van der Waals surface area contributed by atoms with Gasteiger partial charge in [-0.15, -0.1) is 0 Å². The van der Waals surface area contributed by atoms with E-state index in [1.807, 2.05) is 13.8 Å². The summed E-state index contributed by atoms with van der Waals surface area (Å²) in [4.78, 5) is 12.1. The van der Waals surface area contributed by atoms with Gasteiger partial charge in [-0.1, -0.05) is 0 Å². The van der Waals surface area contributed by atoms with E-state index in [1.54, 1.807) is 24.4 Å². The quantitative estimate of drug-likeness (QED) is 0.722. The number of hydrogen-bond acceptors (Lipinski definition) is 4. The van der Waals surface area contributed by atoms with Gasteiger partial charge in [0.25, 0.3) is 5.91 Å². The number of ether oxygens (including phenoxy) is 1. The number of aromatic amines is 1. The first-order chi connectivity index (χ1) is 9.60. The molecule has 6 heteroatoms. The van der Waals surface area contributed by atoms with Crippen LogP contribution >= 0.6 is 0 Å². The third-order valence-corrected chi connectivity index (χ3v) is 2.88. The number of benzene rings is 1. The molecule has 1 aromatic carbocycles. The van der Waals surface area contributed by atoms with Gasteiger partial charge in [-0.2, -0.15) is 5.10 Å². The number of carbonyl (C=O) groups excluding carboxylic acids is 1. The molecule has 0 fully saturated rings. The van der Waals surface area contributed by atoms with E-state index in [9.17, 15) is 4.79 Å². The summed E-state index contributed by atoms with van der Waals surface area (Å²) in [6.45, 7) is 4.73. The van der Waals surface area contributed by atoms with Crippen molar-refractivity contribution in [1.29, 1.82) is 0 Å². The second kappa shape index (κ2) is 6.10. The molecule has 1 aromatic heterocycles. The molecular formula is C14H18N4O2. The lowest BCUT2D eigenvalue weighted by molar-refractivity contribution is 0.0950. The normalized spacial score (nSPS) is 10.3. The Labute approximate surface area is 117 Å². The number of rotatable bonds is 5. The van der Waals surface area contributed by atoms with Crippen LogP contribution in [0.25, 0.3) is 0 Å². The van der Waals surface area contributed by atoms with Gasteiger partial charge in [0, 0.05) is 35.1 Å². The zero-order valence-electron chi connectivity index (χ0n) is 11.6. The first kappa shape index (κ1) is 13.9. The van der Waals surface area contributed by atoms with Crippen molar-refractivity contribution in [3.05, 3.63) is 41.2 Å². The van der Waals surface area contributed by atoms with E-state index in [4.69, 9.17) is 10.5 Å². The number of H-pyrrole nitrogens is 1. The minimum Gasteiger partial charge on any atom is -0.494 e. The summed E-state index contributed by atoms with van der Waals surface area (Å²) in [6, 6.07) is 5.00. The molecule has 2 aromatic rings. The van der Waals surface area contributed by atoms with Crippen molar-refractivity contribution in [2.45, 2.75) is 20.4 Å². The fraction of sp³-hybridized carbons (Fsp3) is 0.286. The van der Waals surface area contributed by atoms with E-state index >= 15 is 0 Å². The zero-order valence-corrected chi connectivity index (χ0v) is 11.6. The fourth-order valence-electron chi connectivity index (χ4n) is 1.83. The highest BCUT2D eigenvalue weighted by molar-refractivity contribution is 5.95. The molecule has 0 spiro atoms. The van der Waals surface area contributed by atoms with Gasteiger partial charge in [0.05, 0.1) is 12.8 Å². The number of nitrogens with zero attached hydrogens (tertiary/aromatic N) is 1.